The molecule has 2 heterocycles. The second-order valence-corrected chi connectivity index (χ2v) is 3.21. The van der Waals surface area contributed by atoms with Gasteiger partial charge in [0, 0.05) is 28.7 Å². The van der Waals surface area contributed by atoms with E-state index in [0.29, 0.717) is 15.5 Å². The zero-order valence-corrected chi connectivity index (χ0v) is 8.48. The average molecular weight is 289 g/mol. The summed E-state index contributed by atoms with van der Waals surface area (Å²) in [7, 11) is 0. The quantitative estimate of drug-likeness (QED) is 0.796. The third kappa shape index (κ3) is 1.77. The minimum atomic E-state index is -0.189. The highest BCUT2D eigenvalue weighted by Crippen LogP contribution is 2.13. The number of rotatable bonds is 1. The van der Waals surface area contributed by atoms with E-state index >= 15 is 0 Å². The largest absolute Gasteiger partial charge is 0.410 e. The first kappa shape index (κ1) is 8.42. The molecule has 0 amide bonds. The van der Waals surface area contributed by atoms with Gasteiger partial charge in [-0.05, 0) is 6.07 Å². The van der Waals surface area contributed by atoms with Gasteiger partial charge in [0.2, 0.25) is 5.56 Å². The lowest BCUT2D eigenvalue weighted by atomic mass is 10.3. The van der Waals surface area contributed by atoms with Gasteiger partial charge in [0.15, 0.2) is 0 Å². The summed E-state index contributed by atoms with van der Waals surface area (Å²) in [4.78, 5) is 13.5. The van der Waals surface area contributed by atoms with Crippen LogP contribution in [0.2, 0.25) is 0 Å². The zero-order valence-electron chi connectivity index (χ0n) is 6.32. The Bertz CT molecular complexity index is 476. The number of H-pyrrole nitrogens is 1. The number of aromatic nitrogens is 3. The Morgan fingerprint density at radius 2 is 2.23 bits per heavy atom. The van der Waals surface area contributed by atoms with Gasteiger partial charge >= 0.3 is 0 Å². The van der Waals surface area contributed by atoms with Gasteiger partial charge < -0.3 is 9.40 Å². The predicted molar refractivity (Wildman–Crippen MR) is 53.1 cm³/mol. The number of hydrogen-bond donors (Lipinski definition) is 1. The fourth-order valence-electron chi connectivity index (χ4n) is 0.887. The molecular formula is C7H4IN3O2. The molecule has 6 heteroatoms. The Labute approximate surface area is 86.3 Å². The SMILES string of the molecule is O=c1cccc(-c2nnc(I)o2)[nH]1. The van der Waals surface area contributed by atoms with E-state index in [1.165, 1.54) is 6.07 Å². The van der Waals surface area contributed by atoms with Crippen LogP contribution in [-0.4, -0.2) is 15.2 Å². The number of pyridine rings is 1. The summed E-state index contributed by atoms with van der Waals surface area (Å²) in [6.45, 7) is 0. The van der Waals surface area contributed by atoms with E-state index < -0.39 is 0 Å². The van der Waals surface area contributed by atoms with Crippen LogP contribution in [0.4, 0.5) is 0 Å². The maximum absolute atomic E-state index is 10.9. The lowest BCUT2D eigenvalue weighted by Crippen LogP contribution is -2.03. The molecule has 0 saturated heterocycles. The highest BCUT2D eigenvalue weighted by atomic mass is 127. The van der Waals surface area contributed by atoms with Crippen LogP contribution in [0.3, 0.4) is 0 Å². The van der Waals surface area contributed by atoms with Crippen LogP contribution >= 0.6 is 22.6 Å². The van der Waals surface area contributed by atoms with Gasteiger partial charge in [0.25, 0.3) is 9.79 Å². The average Bonchev–Trinajstić information content (AvgIpc) is 2.52. The lowest BCUT2D eigenvalue weighted by Gasteiger charge is -1.91. The Morgan fingerprint density at radius 1 is 1.38 bits per heavy atom. The van der Waals surface area contributed by atoms with E-state index in [-0.39, 0.29) is 5.56 Å². The first-order chi connectivity index (χ1) is 6.25. The van der Waals surface area contributed by atoms with Gasteiger partial charge in [0.1, 0.15) is 5.69 Å². The number of halogens is 1. The van der Waals surface area contributed by atoms with E-state index in [2.05, 4.69) is 15.2 Å². The highest BCUT2D eigenvalue weighted by Gasteiger charge is 2.05. The fraction of sp³-hybridized carbons (Fsp3) is 0. The molecule has 0 atom stereocenters. The van der Waals surface area contributed by atoms with E-state index in [4.69, 9.17) is 4.42 Å². The standard InChI is InChI=1S/C7H4IN3O2/c8-7-11-10-6(13-7)4-2-1-3-5(12)9-4/h1-3H,(H,9,12). The molecule has 0 aliphatic rings. The van der Waals surface area contributed by atoms with Crippen molar-refractivity contribution in [1.82, 2.24) is 15.2 Å². The van der Waals surface area contributed by atoms with Gasteiger partial charge in [0.05, 0.1) is 0 Å². The van der Waals surface area contributed by atoms with Crippen LogP contribution < -0.4 is 5.56 Å². The van der Waals surface area contributed by atoms with Crippen LogP contribution in [0.25, 0.3) is 11.6 Å². The topological polar surface area (TPSA) is 71.8 Å². The summed E-state index contributed by atoms with van der Waals surface area (Å²) in [5, 5.41) is 7.40. The molecule has 0 unspecified atom stereocenters. The molecule has 2 aromatic heterocycles. The summed E-state index contributed by atoms with van der Waals surface area (Å²) in [5.41, 5.74) is 0.341. The van der Waals surface area contributed by atoms with Crippen molar-refractivity contribution in [3.05, 3.63) is 32.5 Å². The molecule has 2 aromatic rings. The Balaban J connectivity index is 2.52. The van der Waals surface area contributed by atoms with Crippen LogP contribution in [0.15, 0.2) is 27.4 Å². The van der Waals surface area contributed by atoms with Gasteiger partial charge in [-0.25, -0.2) is 0 Å². The Kier molecular flexibility index (Phi) is 2.13. The second kappa shape index (κ2) is 3.29. The van der Waals surface area contributed by atoms with E-state index in [1.807, 2.05) is 22.6 Å². The van der Waals surface area contributed by atoms with Crippen molar-refractivity contribution in [2.45, 2.75) is 0 Å². The summed E-state index contributed by atoms with van der Waals surface area (Å²) in [5.74, 6) is 0.321. The van der Waals surface area contributed by atoms with Gasteiger partial charge in [-0.15, -0.1) is 10.2 Å². The normalized spacial score (nSPS) is 10.2. The number of nitrogens with zero attached hydrogens (tertiary/aromatic N) is 2. The molecule has 2 rings (SSSR count). The van der Waals surface area contributed by atoms with Gasteiger partial charge in [-0.2, -0.15) is 0 Å². The third-order valence-electron chi connectivity index (χ3n) is 1.40. The van der Waals surface area contributed by atoms with Crippen LogP contribution in [0.1, 0.15) is 0 Å². The summed E-state index contributed by atoms with van der Waals surface area (Å²) >= 11 is 1.90. The first-order valence-electron chi connectivity index (χ1n) is 3.44. The monoisotopic (exact) mass is 289 g/mol. The molecule has 13 heavy (non-hydrogen) atoms. The molecule has 0 bridgehead atoms. The molecule has 1 N–H and O–H groups in total. The number of aromatic amines is 1. The van der Waals surface area contributed by atoms with E-state index in [1.54, 1.807) is 12.1 Å². The molecule has 0 aromatic carbocycles. The fourth-order valence-corrected chi connectivity index (χ4v) is 1.20. The molecule has 66 valence electrons. The minimum absolute atomic E-state index is 0.189. The van der Waals surface area contributed by atoms with Crippen LogP contribution in [-0.2, 0) is 0 Å². The molecule has 0 spiro atoms. The maximum Gasteiger partial charge on any atom is 0.278 e. The summed E-state index contributed by atoms with van der Waals surface area (Å²) in [6.07, 6.45) is 0. The molecular weight excluding hydrogens is 285 g/mol. The van der Waals surface area contributed by atoms with Crippen molar-refractivity contribution in [2.24, 2.45) is 0 Å². The Morgan fingerprint density at radius 3 is 2.85 bits per heavy atom. The molecule has 0 fully saturated rings. The highest BCUT2D eigenvalue weighted by molar-refractivity contribution is 14.1. The molecule has 0 aliphatic heterocycles. The summed E-state index contributed by atoms with van der Waals surface area (Å²) in [6, 6.07) is 4.75. The smallest absolute Gasteiger partial charge is 0.278 e. The van der Waals surface area contributed by atoms with Crippen molar-refractivity contribution in [3.8, 4) is 11.6 Å². The van der Waals surface area contributed by atoms with Crippen molar-refractivity contribution in [2.75, 3.05) is 0 Å². The predicted octanol–water partition coefficient (Wildman–Crippen LogP) is 1.03. The second-order valence-electron chi connectivity index (χ2n) is 2.29. The van der Waals surface area contributed by atoms with Crippen molar-refractivity contribution in [1.29, 1.82) is 0 Å². The third-order valence-corrected chi connectivity index (χ3v) is 1.84. The first-order valence-corrected chi connectivity index (χ1v) is 4.52. The van der Waals surface area contributed by atoms with Gasteiger partial charge in [-0.1, -0.05) is 6.07 Å². The van der Waals surface area contributed by atoms with E-state index in [9.17, 15) is 4.79 Å². The molecule has 0 radical (unpaired) electrons. The molecule has 5 nitrogen and oxygen atoms in total. The number of hydrogen-bond acceptors (Lipinski definition) is 4. The molecule has 0 saturated carbocycles. The summed E-state index contributed by atoms with van der Waals surface area (Å²) < 4.78 is 5.56. The van der Waals surface area contributed by atoms with Crippen molar-refractivity contribution in [3.63, 3.8) is 0 Å². The minimum Gasteiger partial charge on any atom is -0.410 e. The molecule has 0 aliphatic carbocycles. The lowest BCUT2D eigenvalue weighted by molar-refractivity contribution is 0.535. The van der Waals surface area contributed by atoms with Crippen LogP contribution in [0.5, 0.6) is 0 Å². The Hall–Kier alpha value is -1.18. The number of nitrogens with one attached hydrogen (secondary N) is 1. The maximum atomic E-state index is 10.9. The van der Waals surface area contributed by atoms with Crippen molar-refractivity contribution >= 4 is 22.6 Å². The zero-order chi connectivity index (χ0) is 9.26. The van der Waals surface area contributed by atoms with E-state index in [0.717, 1.165) is 0 Å². The van der Waals surface area contributed by atoms with Gasteiger partial charge in [-0.3, -0.25) is 4.79 Å². The van der Waals surface area contributed by atoms with Crippen molar-refractivity contribution < 1.29 is 4.42 Å². The van der Waals surface area contributed by atoms with Crippen LogP contribution in [0, 0.1) is 3.90 Å².